The van der Waals surface area contributed by atoms with Crippen molar-refractivity contribution in [1.29, 1.82) is 0 Å². The average molecular weight is 420 g/mol. The predicted octanol–water partition coefficient (Wildman–Crippen LogP) is 3.52. The van der Waals surface area contributed by atoms with Crippen LogP contribution in [0.2, 0.25) is 0 Å². The van der Waals surface area contributed by atoms with Crippen LogP contribution < -0.4 is 10.1 Å². The van der Waals surface area contributed by atoms with Crippen LogP contribution in [-0.4, -0.2) is 38.6 Å². The first kappa shape index (κ1) is 19.9. The number of amides is 1. The molecule has 7 nitrogen and oxygen atoms in total. The molecule has 1 N–H and O–H groups in total. The molecule has 4 aromatic rings. The highest BCUT2D eigenvalue weighted by molar-refractivity contribution is 7.99. The number of carbonyl (C=O) groups is 1. The van der Waals surface area contributed by atoms with E-state index in [0.717, 1.165) is 22.6 Å². The van der Waals surface area contributed by atoms with Crippen molar-refractivity contribution in [2.45, 2.75) is 18.6 Å². The monoisotopic (exact) mass is 419 g/mol. The van der Waals surface area contributed by atoms with Gasteiger partial charge in [0, 0.05) is 12.1 Å². The summed E-state index contributed by atoms with van der Waals surface area (Å²) in [4.78, 5) is 12.2. The lowest BCUT2D eigenvalue weighted by atomic mass is 10.1. The highest BCUT2D eigenvalue weighted by Crippen LogP contribution is 2.23. The first-order chi connectivity index (χ1) is 14.6. The first-order valence-corrected chi connectivity index (χ1v) is 10.4. The molecule has 2 aromatic heterocycles. The number of hydrogen-bond donors (Lipinski definition) is 1. The number of aryl methyl sites for hydroxylation is 1. The second kappa shape index (κ2) is 8.96. The third kappa shape index (κ3) is 4.60. The van der Waals surface area contributed by atoms with E-state index < -0.39 is 0 Å². The summed E-state index contributed by atoms with van der Waals surface area (Å²) >= 11 is 1.30. The largest absolute Gasteiger partial charge is 0.497 e. The van der Waals surface area contributed by atoms with Gasteiger partial charge in [-0.05, 0) is 36.8 Å². The van der Waals surface area contributed by atoms with Gasteiger partial charge in [-0.1, -0.05) is 53.7 Å². The molecule has 4 rings (SSSR count). The highest BCUT2D eigenvalue weighted by atomic mass is 32.2. The summed E-state index contributed by atoms with van der Waals surface area (Å²) in [6, 6.07) is 19.5. The number of ether oxygens (including phenoxy) is 1. The Morgan fingerprint density at radius 2 is 1.93 bits per heavy atom. The Hall–Kier alpha value is -3.39. The van der Waals surface area contributed by atoms with Crippen LogP contribution in [0.3, 0.4) is 0 Å². The van der Waals surface area contributed by atoms with Gasteiger partial charge < -0.3 is 10.1 Å². The van der Waals surface area contributed by atoms with Crippen LogP contribution in [0.15, 0.2) is 65.8 Å². The molecule has 1 amide bonds. The van der Waals surface area contributed by atoms with E-state index in [9.17, 15) is 4.79 Å². The molecule has 2 aromatic carbocycles. The van der Waals surface area contributed by atoms with Crippen molar-refractivity contribution in [2.75, 3.05) is 12.9 Å². The van der Waals surface area contributed by atoms with Crippen LogP contribution in [0.4, 0.5) is 0 Å². The standard InChI is InChI=1S/C22H21N5O2S/c1-15-6-8-16(9-7-15)13-23-21(28)14-30-22-25-24-20-11-10-19(26-27(20)22)17-4-3-5-18(12-17)29-2/h3-12H,13-14H2,1-2H3,(H,23,28). The van der Waals surface area contributed by atoms with Crippen LogP contribution in [0, 0.1) is 6.92 Å². The Labute approximate surface area is 178 Å². The maximum atomic E-state index is 12.2. The SMILES string of the molecule is COc1cccc(-c2ccc3nnc(SCC(=O)NCc4ccc(C)cc4)n3n2)c1. The molecule has 8 heteroatoms. The Bertz CT molecular complexity index is 1170. The molecule has 0 saturated heterocycles. The van der Waals surface area contributed by atoms with Crippen molar-refractivity contribution in [3.8, 4) is 17.0 Å². The van der Waals surface area contributed by atoms with Crippen LogP contribution >= 0.6 is 11.8 Å². The number of hydrogen-bond acceptors (Lipinski definition) is 6. The fraction of sp³-hybridized carbons (Fsp3) is 0.182. The second-order valence-electron chi connectivity index (χ2n) is 6.75. The van der Waals surface area contributed by atoms with Crippen molar-refractivity contribution in [3.05, 3.63) is 71.8 Å². The normalized spacial score (nSPS) is 10.9. The van der Waals surface area contributed by atoms with E-state index in [1.807, 2.05) is 67.6 Å². The molecular weight excluding hydrogens is 398 g/mol. The molecule has 30 heavy (non-hydrogen) atoms. The number of thioether (sulfide) groups is 1. The fourth-order valence-electron chi connectivity index (χ4n) is 2.88. The lowest BCUT2D eigenvalue weighted by Crippen LogP contribution is -2.24. The average Bonchev–Trinajstić information content (AvgIpc) is 3.19. The molecule has 152 valence electrons. The molecule has 0 aliphatic rings. The summed E-state index contributed by atoms with van der Waals surface area (Å²) in [5, 5.41) is 16.5. The molecule has 2 heterocycles. The quantitative estimate of drug-likeness (QED) is 0.462. The summed E-state index contributed by atoms with van der Waals surface area (Å²) < 4.78 is 6.95. The Morgan fingerprint density at radius 1 is 1.10 bits per heavy atom. The van der Waals surface area contributed by atoms with Gasteiger partial charge in [0.25, 0.3) is 0 Å². The van der Waals surface area contributed by atoms with E-state index in [1.54, 1.807) is 11.6 Å². The van der Waals surface area contributed by atoms with Gasteiger partial charge in [0.1, 0.15) is 5.75 Å². The minimum absolute atomic E-state index is 0.0683. The van der Waals surface area contributed by atoms with Gasteiger partial charge in [-0.25, -0.2) is 0 Å². The topological polar surface area (TPSA) is 81.4 Å². The second-order valence-corrected chi connectivity index (χ2v) is 7.70. The Balaban J connectivity index is 1.43. The van der Waals surface area contributed by atoms with E-state index in [1.165, 1.54) is 17.3 Å². The van der Waals surface area contributed by atoms with Gasteiger partial charge in [-0.3, -0.25) is 4.79 Å². The third-order valence-electron chi connectivity index (χ3n) is 4.54. The summed E-state index contributed by atoms with van der Waals surface area (Å²) in [6.07, 6.45) is 0. The lowest BCUT2D eigenvalue weighted by Gasteiger charge is -2.06. The zero-order chi connectivity index (χ0) is 20.9. The summed E-state index contributed by atoms with van der Waals surface area (Å²) in [5.74, 6) is 0.928. The number of carbonyl (C=O) groups excluding carboxylic acids is 1. The van der Waals surface area contributed by atoms with Crippen molar-refractivity contribution >= 4 is 23.3 Å². The van der Waals surface area contributed by atoms with Crippen LogP contribution in [0.1, 0.15) is 11.1 Å². The Kier molecular flexibility index (Phi) is 5.94. The van der Waals surface area contributed by atoms with Crippen molar-refractivity contribution in [2.24, 2.45) is 0 Å². The molecule has 0 unspecified atom stereocenters. The number of aromatic nitrogens is 4. The van der Waals surface area contributed by atoms with Crippen molar-refractivity contribution < 1.29 is 9.53 Å². The molecule has 0 radical (unpaired) electrons. The minimum atomic E-state index is -0.0683. The number of nitrogens with one attached hydrogen (secondary N) is 1. The van der Waals surface area contributed by atoms with Crippen LogP contribution in [0.5, 0.6) is 5.75 Å². The van der Waals surface area contributed by atoms with Gasteiger partial charge in [0.15, 0.2) is 5.65 Å². The number of rotatable bonds is 7. The van der Waals surface area contributed by atoms with E-state index in [4.69, 9.17) is 4.74 Å². The summed E-state index contributed by atoms with van der Waals surface area (Å²) in [7, 11) is 1.63. The summed E-state index contributed by atoms with van der Waals surface area (Å²) in [5.41, 5.74) is 4.59. The van der Waals surface area contributed by atoms with Crippen LogP contribution in [0.25, 0.3) is 16.9 Å². The van der Waals surface area contributed by atoms with Crippen LogP contribution in [-0.2, 0) is 11.3 Å². The third-order valence-corrected chi connectivity index (χ3v) is 5.46. The highest BCUT2D eigenvalue weighted by Gasteiger charge is 2.12. The fourth-order valence-corrected chi connectivity index (χ4v) is 3.60. The molecule has 0 atom stereocenters. The zero-order valence-electron chi connectivity index (χ0n) is 16.7. The van der Waals surface area contributed by atoms with E-state index in [2.05, 4.69) is 20.6 Å². The summed E-state index contributed by atoms with van der Waals surface area (Å²) in [6.45, 7) is 2.54. The van der Waals surface area contributed by atoms with E-state index in [0.29, 0.717) is 17.3 Å². The van der Waals surface area contributed by atoms with E-state index >= 15 is 0 Å². The maximum Gasteiger partial charge on any atom is 0.230 e. The number of methoxy groups -OCH3 is 1. The molecule has 0 fully saturated rings. The van der Waals surface area contributed by atoms with Crippen molar-refractivity contribution in [3.63, 3.8) is 0 Å². The molecule has 0 aliphatic heterocycles. The van der Waals surface area contributed by atoms with E-state index in [-0.39, 0.29) is 11.7 Å². The van der Waals surface area contributed by atoms with Gasteiger partial charge in [-0.2, -0.15) is 9.61 Å². The first-order valence-electron chi connectivity index (χ1n) is 9.44. The van der Waals surface area contributed by atoms with Gasteiger partial charge in [0.2, 0.25) is 11.1 Å². The van der Waals surface area contributed by atoms with Crippen molar-refractivity contribution in [1.82, 2.24) is 25.1 Å². The lowest BCUT2D eigenvalue weighted by molar-refractivity contribution is -0.118. The maximum absolute atomic E-state index is 12.2. The Morgan fingerprint density at radius 3 is 2.73 bits per heavy atom. The molecule has 0 aliphatic carbocycles. The zero-order valence-corrected chi connectivity index (χ0v) is 17.5. The smallest absolute Gasteiger partial charge is 0.230 e. The number of fused-ring (bicyclic) bond motifs is 1. The molecule has 0 saturated carbocycles. The van der Waals surface area contributed by atoms with Gasteiger partial charge in [-0.15, -0.1) is 10.2 Å². The van der Waals surface area contributed by atoms with Gasteiger partial charge >= 0.3 is 0 Å². The molecule has 0 spiro atoms. The molecular formula is C22H21N5O2S. The molecule has 0 bridgehead atoms. The minimum Gasteiger partial charge on any atom is -0.497 e. The predicted molar refractivity (Wildman–Crippen MR) is 117 cm³/mol. The number of nitrogens with zero attached hydrogens (tertiary/aromatic N) is 4. The number of benzene rings is 2. The van der Waals surface area contributed by atoms with Gasteiger partial charge in [0.05, 0.1) is 18.6 Å².